The first-order chi connectivity index (χ1) is 18.5. The Labute approximate surface area is 221 Å². The molecule has 1 fully saturated rings. The maximum atomic E-state index is 12.2. The number of rotatable bonds is 12. The van der Waals surface area contributed by atoms with Gasteiger partial charge in [0, 0.05) is 26.6 Å². The first-order valence-corrected chi connectivity index (χ1v) is 12.5. The van der Waals surface area contributed by atoms with Crippen LogP contribution in [0.15, 0.2) is 71.1 Å². The summed E-state index contributed by atoms with van der Waals surface area (Å²) in [6.07, 6.45) is -0.757. The molecule has 1 atom stereocenters. The van der Waals surface area contributed by atoms with Gasteiger partial charge in [-0.2, -0.15) is 0 Å². The van der Waals surface area contributed by atoms with Gasteiger partial charge in [-0.15, -0.1) is 0 Å². The maximum absolute atomic E-state index is 12.2. The van der Waals surface area contributed by atoms with Gasteiger partial charge in [-0.05, 0) is 35.4 Å². The zero-order chi connectivity index (χ0) is 26.7. The first kappa shape index (κ1) is 27.5. The van der Waals surface area contributed by atoms with E-state index in [2.05, 4.69) is 10.3 Å². The summed E-state index contributed by atoms with van der Waals surface area (Å²) in [6.45, 7) is 5.54. The lowest BCUT2D eigenvalue weighted by Gasteiger charge is -2.25. The van der Waals surface area contributed by atoms with E-state index in [1.807, 2.05) is 30.3 Å². The number of benzene rings is 2. The molecule has 2 heterocycles. The van der Waals surface area contributed by atoms with Crippen LogP contribution in [-0.2, 0) is 25.6 Å². The van der Waals surface area contributed by atoms with Crippen LogP contribution in [0.3, 0.4) is 0 Å². The summed E-state index contributed by atoms with van der Waals surface area (Å²) in [4.78, 5) is 26.6. The topological polar surface area (TPSA) is 114 Å². The number of esters is 1. The van der Waals surface area contributed by atoms with Crippen LogP contribution in [0.1, 0.15) is 40.5 Å². The second kappa shape index (κ2) is 13.8. The minimum atomic E-state index is -0.757. The van der Waals surface area contributed by atoms with E-state index < -0.39 is 12.1 Å². The summed E-state index contributed by atoms with van der Waals surface area (Å²) < 4.78 is 21.7. The summed E-state index contributed by atoms with van der Waals surface area (Å²) in [6, 6.07) is 19.6. The number of hydrogen-bond donors (Lipinski definition) is 2. The van der Waals surface area contributed by atoms with Gasteiger partial charge in [0.15, 0.2) is 0 Å². The SMILES string of the molecule is CC(=O)N(NCOCc1ccc(C(=O)OCCN2CCOCC2)o1)c1ccc(C(O)c2ccccc2)cc1. The molecule has 0 spiro atoms. The van der Waals surface area contributed by atoms with Crippen molar-refractivity contribution in [3.63, 3.8) is 0 Å². The van der Waals surface area contributed by atoms with E-state index >= 15 is 0 Å². The maximum Gasteiger partial charge on any atom is 0.374 e. The van der Waals surface area contributed by atoms with Gasteiger partial charge in [0.05, 0.1) is 18.9 Å². The third kappa shape index (κ3) is 7.73. The fraction of sp³-hybridized carbons (Fsp3) is 0.357. The number of furan rings is 1. The Hall–Kier alpha value is -3.54. The number of hydrogen-bond acceptors (Lipinski definition) is 9. The van der Waals surface area contributed by atoms with Gasteiger partial charge in [0.1, 0.15) is 31.8 Å². The first-order valence-electron chi connectivity index (χ1n) is 12.5. The average molecular weight is 524 g/mol. The quantitative estimate of drug-likeness (QED) is 0.160. The number of aliphatic hydroxyl groups is 1. The highest BCUT2D eigenvalue weighted by Crippen LogP contribution is 2.24. The van der Waals surface area contributed by atoms with Crippen LogP contribution in [0.5, 0.6) is 0 Å². The van der Waals surface area contributed by atoms with E-state index in [9.17, 15) is 14.7 Å². The molecule has 2 aromatic carbocycles. The van der Waals surface area contributed by atoms with Gasteiger partial charge in [-0.25, -0.2) is 15.2 Å². The Bertz CT molecular complexity index is 1160. The molecule has 10 nitrogen and oxygen atoms in total. The van der Waals surface area contributed by atoms with E-state index in [0.717, 1.165) is 18.7 Å². The summed E-state index contributed by atoms with van der Waals surface area (Å²) in [5, 5.41) is 11.9. The van der Waals surface area contributed by atoms with Crippen LogP contribution in [0.25, 0.3) is 0 Å². The van der Waals surface area contributed by atoms with Crippen molar-refractivity contribution in [1.82, 2.24) is 10.3 Å². The normalized spacial score (nSPS) is 14.7. The van der Waals surface area contributed by atoms with Gasteiger partial charge in [-0.1, -0.05) is 42.5 Å². The molecule has 4 rings (SSSR count). The summed E-state index contributed by atoms with van der Waals surface area (Å²) in [5.74, 6) is -0.182. The third-order valence-electron chi connectivity index (χ3n) is 6.07. The summed E-state index contributed by atoms with van der Waals surface area (Å²) in [7, 11) is 0. The highest BCUT2D eigenvalue weighted by atomic mass is 16.5. The highest BCUT2D eigenvalue weighted by molar-refractivity contribution is 5.90. The van der Waals surface area contributed by atoms with E-state index in [1.54, 1.807) is 36.4 Å². The van der Waals surface area contributed by atoms with Crippen molar-refractivity contribution in [2.45, 2.75) is 19.6 Å². The Morgan fingerprint density at radius 1 is 1.03 bits per heavy atom. The number of anilines is 1. The molecule has 0 radical (unpaired) electrons. The molecule has 2 N–H and O–H groups in total. The van der Waals surface area contributed by atoms with E-state index in [0.29, 0.717) is 36.8 Å². The highest BCUT2D eigenvalue weighted by Gasteiger charge is 2.16. The van der Waals surface area contributed by atoms with E-state index in [4.69, 9.17) is 18.6 Å². The molecule has 38 heavy (non-hydrogen) atoms. The molecule has 10 heteroatoms. The number of aliphatic hydroxyl groups excluding tert-OH is 1. The molecule has 0 aliphatic carbocycles. The molecule has 1 unspecified atom stereocenters. The van der Waals surface area contributed by atoms with Gasteiger partial charge < -0.3 is 23.7 Å². The van der Waals surface area contributed by atoms with Crippen molar-refractivity contribution < 1.29 is 33.3 Å². The zero-order valence-electron chi connectivity index (χ0n) is 21.4. The standard InChI is InChI=1S/C28H33N3O7/c1-21(32)31(24-9-7-23(8-10-24)27(33)22-5-3-2-4-6-22)29-20-36-19-25-11-12-26(38-25)28(34)37-18-15-30-13-16-35-17-14-30/h2-12,27,29,33H,13-20H2,1H3. The van der Waals surface area contributed by atoms with Crippen molar-refractivity contribution >= 4 is 17.6 Å². The largest absolute Gasteiger partial charge is 0.458 e. The van der Waals surface area contributed by atoms with Crippen LogP contribution < -0.4 is 10.4 Å². The van der Waals surface area contributed by atoms with Crippen LogP contribution in [0.2, 0.25) is 0 Å². The minimum Gasteiger partial charge on any atom is -0.458 e. The van der Waals surface area contributed by atoms with Crippen LogP contribution in [0, 0.1) is 0 Å². The van der Waals surface area contributed by atoms with Crippen molar-refractivity contribution in [3.8, 4) is 0 Å². The fourth-order valence-corrected chi connectivity index (χ4v) is 4.01. The minimum absolute atomic E-state index is 0.0218. The van der Waals surface area contributed by atoms with Crippen LogP contribution >= 0.6 is 0 Å². The van der Waals surface area contributed by atoms with Gasteiger partial charge in [0.2, 0.25) is 11.7 Å². The Morgan fingerprint density at radius 2 is 1.74 bits per heavy atom. The number of amides is 1. The van der Waals surface area contributed by atoms with Crippen molar-refractivity contribution in [2.24, 2.45) is 0 Å². The third-order valence-corrected chi connectivity index (χ3v) is 6.07. The molecular formula is C28H33N3O7. The van der Waals surface area contributed by atoms with Crippen molar-refractivity contribution in [2.75, 3.05) is 51.2 Å². The Kier molecular flexibility index (Phi) is 10.0. The lowest BCUT2D eigenvalue weighted by atomic mass is 10.0. The van der Waals surface area contributed by atoms with E-state index in [-0.39, 0.29) is 31.6 Å². The number of carbonyl (C=O) groups is 2. The molecule has 1 aromatic heterocycles. The molecule has 202 valence electrons. The fourth-order valence-electron chi connectivity index (χ4n) is 4.01. The average Bonchev–Trinajstić information content (AvgIpc) is 3.43. The van der Waals surface area contributed by atoms with Gasteiger partial charge in [-0.3, -0.25) is 9.69 Å². The number of morpholine rings is 1. The second-order valence-corrected chi connectivity index (χ2v) is 8.77. The van der Waals surface area contributed by atoms with Gasteiger partial charge >= 0.3 is 5.97 Å². The molecule has 1 amide bonds. The van der Waals surface area contributed by atoms with Gasteiger partial charge in [0.25, 0.3) is 0 Å². The monoisotopic (exact) mass is 523 g/mol. The Morgan fingerprint density at radius 3 is 2.45 bits per heavy atom. The number of carbonyl (C=O) groups excluding carboxylic acids is 2. The number of nitrogens with zero attached hydrogens (tertiary/aromatic N) is 2. The second-order valence-electron chi connectivity index (χ2n) is 8.77. The smallest absolute Gasteiger partial charge is 0.374 e. The predicted octanol–water partition coefficient (Wildman–Crippen LogP) is 2.88. The summed E-state index contributed by atoms with van der Waals surface area (Å²) >= 11 is 0. The molecule has 1 aliphatic rings. The molecule has 0 saturated carbocycles. The Balaban J connectivity index is 1.21. The van der Waals surface area contributed by atoms with Crippen molar-refractivity contribution in [1.29, 1.82) is 0 Å². The zero-order valence-corrected chi connectivity index (χ0v) is 21.4. The predicted molar refractivity (Wildman–Crippen MR) is 139 cm³/mol. The molecular weight excluding hydrogens is 490 g/mol. The summed E-state index contributed by atoms with van der Waals surface area (Å²) in [5.41, 5.74) is 5.03. The van der Waals surface area contributed by atoms with Crippen LogP contribution in [-0.4, -0.2) is 68.1 Å². The molecule has 1 saturated heterocycles. The lowest BCUT2D eigenvalue weighted by Crippen LogP contribution is -2.42. The molecule has 3 aromatic rings. The molecule has 0 bridgehead atoms. The van der Waals surface area contributed by atoms with Crippen LogP contribution in [0.4, 0.5) is 5.69 Å². The number of nitrogens with one attached hydrogen (secondary N) is 1. The number of hydrazine groups is 1. The number of ether oxygens (including phenoxy) is 3. The molecule has 1 aliphatic heterocycles. The van der Waals surface area contributed by atoms with E-state index in [1.165, 1.54) is 11.9 Å². The lowest BCUT2D eigenvalue weighted by molar-refractivity contribution is -0.117. The van der Waals surface area contributed by atoms with Crippen molar-refractivity contribution in [3.05, 3.63) is 89.4 Å².